The SMILES string of the molecule is CC(C)(C)c1cc(-c2cc(C(C)(C)C)cc(C(C)(C)C)c2)cc(N2C=CN(c3[c-]c(Oc4[c-]c5c(cc4)c4ccccc4n5-c4cc(C(C)(C)C)ccn4)ccc3)[CH-]2)c1.[Pt]. The second kappa shape index (κ2) is 15.7. The summed E-state index contributed by atoms with van der Waals surface area (Å²) in [4.78, 5) is 9.12. The summed E-state index contributed by atoms with van der Waals surface area (Å²) in [6, 6.07) is 44.1. The molecule has 1 aliphatic heterocycles. The zero-order valence-electron chi connectivity index (χ0n) is 37.1. The van der Waals surface area contributed by atoms with Gasteiger partial charge in [0.05, 0.1) is 0 Å². The number of pyridine rings is 1. The van der Waals surface area contributed by atoms with Gasteiger partial charge in [0.15, 0.2) is 0 Å². The van der Waals surface area contributed by atoms with Crippen molar-refractivity contribution in [1.82, 2.24) is 9.55 Å². The Labute approximate surface area is 372 Å². The van der Waals surface area contributed by atoms with Gasteiger partial charge in [-0.2, -0.15) is 12.1 Å². The molecule has 1 aliphatic rings. The second-order valence-electron chi connectivity index (χ2n) is 20.1. The molecule has 0 radical (unpaired) electrons. The van der Waals surface area contributed by atoms with Crippen molar-refractivity contribution in [2.24, 2.45) is 0 Å². The molecule has 0 saturated heterocycles. The van der Waals surface area contributed by atoms with Crippen LogP contribution in [0.4, 0.5) is 11.4 Å². The molecule has 6 heteroatoms. The van der Waals surface area contributed by atoms with Gasteiger partial charge in [-0.15, -0.1) is 48.1 Å². The van der Waals surface area contributed by atoms with E-state index in [1.807, 2.05) is 24.4 Å². The number of aromatic nitrogens is 2. The van der Waals surface area contributed by atoms with E-state index in [4.69, 9.17) is 9.72 Å². The van der Waals surface area contributed by atoms with E-state index < -0.39 is 0 Å². The van der Waals surface area contributed by atoms with E-state index in [0.29, 0.717) is 11.5 Å². The van der Waals surface area contributed by atoms with Gasteiger partial charge in [0, 0.05) is 50.0 Å². The van der Waals surface area contributed by atoms with Crippen LogP contribution in [-0.4, -0.2) is 9.55 Å². The molecule has 8 rings (SSSR count). The summed E-state index contributed by atoms with van der Waals surface area (Å²) >= 11 is 0. The summed E-state index contributed by atoms with van der Waals surface area (Å²) in [5.74, 6) is 2.08. The van der Waals surface area contributed by atoms with Crippen molar-refractivity contribution in [2.75, 3.05) is 9.80 Å². The molecule has 0 N–H and O–H groups in total. The Morgan fingerprint density at radius 2 is 1.13 bits per heavy atom. The van der Waals surface area contributed by atoms with Crippen LogP contribution in [0, 0.1) is 18.8 Å². The Hall–Kier alpha value is -5.12. The number of fused-ring (bicyclic) bond motifs is 3. The first kappa shape index (κ1) is 43.0. The first-order valence-corrected chi connectivity index (χ1v) is 20.8. The summed E-state index contributed by atoms with van der Waals surface area (Å²) in [5.41, 5.74) is 11.7. The molecule has 60 heavy (non-hydrogen) atoms. The maximum atomic E-state index is 6.52. The molecule has 2 aromatic heterocycles. The molecule has 312 valence electrons. The number of para-hydroxylation sites is 1. The van der Waals surface area contributed by atoms with Crippen molar-refractivity contribution in [2.45, 2.75) is 105 Å². The number of hydrogen-bond acceptors (Lipinski definition) is 4. The van der Waals surface area contributed by atoms with E-state index in [-0.39, 0.29) is 42.7 Å². The van der Waals surface area contributed by atoms with Crippen molar-refractivity contribution < 1.29 is 25.8 Å². The summed E-state index contributed by atoms with van der Waals surface area (Å²) in [7, 11) is 0. The standard InChI is InChI=1S/C54H57N4O.Pt/c1-51(2,3)38-22-23-55-50(32-38)58-48-19-14-13-18-46(48)47-21-20-45(34-49(47)58)59-44-17-15-16-42(33-44)56-24-25-57(35-56)43-29-37(28-41(31-43)54(10,11)12)36-26-39(52(4,5)6)30-40(27-36)53(7,8)9;/h13-32,35H,1-12H3;/q-3;. The second-order valence-corrected chi connectivity index (χ2v) is 20.1. The van der Waals surface area contributed by atoms with Crippen LogP contribution in [0.25, 0.3) is 38.8 Å². The van der Waals surface area contributed by atoms with Gasteiger partial charge in [0.2, 0.25) is 0 Å². The molecule has 5 aromatic carbocycles. The Bertz CT molecular complexity index is 2700. The third kappa shape index (κ3) is 8.70. The molecule has 3 heterocycles. The van der Waals surface area contributed by atoms with E-state index in [1.165, 1.54) is 33.4 Å². The molecular formula is C54H57N4OPt-3. The van der Waals surface area contributed by atoms with Gasteiger partial charge >= 0.3 is 0 Å². The first-order chi connectivity index (χ1) is 27.7. The van der Waals surface area contributed by atoms with Crippen molar-refractivity contribution in [3.05, 3.63) is 163 Å². The molecule has 0 unspecified atom stereocenters. The average molecular weight is 973 g/mol. The molecule has 0 spiro atoms. The van der Waals surface area contributed by atoms with Gasteiger partial charge < -0.3 is 19.1 Å². The van der Waals surface area contributed by atoms with Crippen LogP contribution in [0.3, 0.4) is 0 Å². The van der Waals surface area contributed by atoms with E-state index in [1.54, 1.807) is 0 Å². The molecule has 0 aliphatic carbocycles. The smallest absolute Gasteiger partial charge is 0.135 e. The zero-order valence-corrected chi connectivity index (χ0v) is 39.4. The van der Waals surface area contributed by atoms with Crippen molar-refractivity contribution in [1.29, 1.82) is 0 Å². The molecule has 0 saturated carbocycles. The van der Waals surface area contributed by atoms with Crippen LogP contribution in [0.1, 0.15) is 105 Å². The summed E-state index contributed by atoms with van der Waals surface area (Å²) in [6.45, 7) is 29.4. The van der Waals surface area contributed by atoms with Crippen LogP contribution in [0.2, 0.25) is 0 Å². The Balaban J connectivity index is 0.00000544. The van der Waals surface area contributed by atoms with Crippen LogP contribution in [0.5, 0.6) is 11.5 Å². The number of anilines is 2. The van der Waals surface area contributed by atoms with Crippen LogP contribution < -0.4 is 14.5 Å². The first-order valence-electron chi connectivity index (χ1n) is 20.8. The van der Waals surface area contributed by atoms with Gasteiger partial charge in [0.25, 0.3) is 0 Å². The van der Waals surface area contributed by atoms with E-state index in [9.17, 15) is 0 Å². The average Bonchev–Trinajstić information content (AvgIpc) is 3.80. The fraction of sp³-hybridized carbons (Fsp3) is 0.296. The molecule has 5 nitrogen and oxygen atoms in total. The molecule has 0 atom stereocenters. The topological polar surface area (TPSA) is 33.5 Å². The monoisotopic (exact) mass is 972 g/mol. The number of benzene rings is 5. The van der Waals surface area contributed by atoms with Crippen molar-refractivity contribution in [3.8, 4) is 28.4 Å². The van der Waals surface area contributed by atoms with E-state index in [2.05, 4.69) is 214 Å². The fourth-order valence-corrected chi connectivity index (χ4v) is 7.61. The third-order valence-corrected chi connectivity index (χ3v) is 11.4. The zero-order chi connectivity index (χ0) is 42.1. The number of hydrogen-bond donors (Lipinski definition) is 0. The van der Waals surface area contributed by atoms with E-state index in [0.717, 1.165) is 39.0 Å². The number of rotatable bonds is 6. The third-order valence-electron chi connectivity index (χ3n) is 11.4. The Morgan fingerprint density at radius 1 is 0.533 bits per heavy atom. The van der Waals surface area contributed by atoms with Crippen LogP contribution >= 0.6 is 0 Å². The molecule has 0 bridgehead atoms. The normalized spacial score (nSPS) is 13.7. The minimum atomic E-state index is -0.0385. The van der Waals surface area contributed by atoms with Gasteiger partial charge in [-0.1, -0.05) is 131 Å². The van der Waals surface area contributed by atoms with Crippen molar-refractivity contribution in [3.63, 3.8) is 0 Å². The maximum Gasteiger partial charge on any atom is 0.135 e. The Morgan fingerprint density at radius 3 is 1.80 bits per heavy atom. The molecule has 7 aromatic rings. The summed E-state index contributed by atoms with van der Waals surface area (Å²) < 4.78 is 8.72. The molecule has 0 amide bonds. The maximum absolute atomic E-state index is 6.52. The molecular weight excluding hydrogens is 916 g/mol. The minimum Gasteiger partial charge on any atom is -0.509 e. The number of ether oxygens (including phenoxy) is 1. The van der Waals surface area contributed by atoms with Crippen LogP contribution in [0.15, 0.2) is 122 Å². The van der Waals surface area contributed by atoms with Gasteiger partial charge in [-0.25, -0.2) is 4.98 Å². The Kier molecular flexibility index (Phi) is 11.3. The summed E-state index contributed by atoms with van der Waals surface area (Å²) in [5, 5.41) is 2.25. The van der Waals surface area contributed by atoms with Crippen LogP contribution in [-0.2, 0) is 42.7 Å². The predicted molar refractivity (Wildman–Crippen MR) is 248 cm³/mol. The van der Waals surface area contributed by atoms with Gasteiger partial charge in [-0.05, 0) is 103 Å². The van der Waals surface area contributed by atoms with Gasteiger partial charge in [0.1, 0.15) is 5.82 Å². The molecule has 0 fully saturated rings. The summed E-state index contributed by atoms with van der Waals surface area (Å²) in [6.07, 6.45) is 6.09. The fourth-order valence-electron chi connectivity index (χ4n) is 7.61. The minimum absolute atomic E-state index is 0. The largest absolute Gasteiger partial charge is 0.509 e. The predicted octanol–water partition coefficient (Wildman–Crippen LogP) is 14.3. The number of nitrogens with zero attached hydrogens (tertiary/aromatic N) is 4. The van der Waals surface area contributed by atoms with Gasteiger partial charge in [-0.3, -0.25) is 0 Å². The quantitative estimate of drug-likeness (QED) is 0.156. The van der Waals surface area contributed by atoms with E-state index >= 15 is 0 Å². The van der Waals surface area contributed by atoms with Crippen molar-refractivity contribution >= 4 is 33.2 Å².